The molecule has 2 rings (SSSR count). The van der Waals surface area contributed by atoms with Gasteiger partial charge in [0.15, 0.2) is 0 Å². The summed E-state index contributed by atoms with van der Waals surface area (Å²) < 4.78 is 0. The molecule has 0 heterocycles. The van der Waals surface area contributed by atoms with Gasteiger partial charge in [0, 0.05) is 0 Å². The first-order valence-corrected chi connectivity index (χ1v) is 11.9. The molecule has 4 unspecified atom stereocenters. The summed E-state index contributed by atoms with van der Waals surface area (Å²) in [5.41, 5.74) is -1.11. The van der Waals surface area contributed by atoms with Crippen LogP contribution in [0.25, 0.3) is 0 Å². The lowest BCUT2D eigenvalue weighted by Gasteiger charge is -2.36. The van der Waals surface area contributed by atoms with E-state index in [0.717, 1.165) is 19.3 Å². The van der Waals surface area contributed by atoms with Crippen LogP contribution in [0.2, 0.25) is 0 Å². The first-order chi connectivity index (χ1) is 15.7. The summed E-state index contributed by atoms with van der Waals surface area (Å²) >= 11 is 0. The van der Waals surface area contributed by atoms with Crippen LogP contribution in [0.15, 0.2) is 24.3 Å². The Labute approximate surface area is 195 Å². The number of rotatable bonds is 12. The normalized spacial score (nSPS) is 26.2. The van der Waals surface area contributed by atoms with Crippen molar-refractivity contribution < 1.29 is 39.6 Å². The molecule has 0 amide bonds. The van der Waals surface area contributed by atoms with Crippen molar-refractivity contribution in [2.24, 2.45) is 23.2 Å². The number of hydrogen-bond acceptors (Lipinski definition) is 4. The quantitative estimate of drug-likeness (QED) is 0.232. The predicted molar refractivity (Wildman–Crippen MR) is 123 cm³/mol. The van der Waals surface area contributed by atoms with Gasteiger partial charge in [0.25, 0.3) is 0 Å². The Bertz CT molecular complexity index is 702. The molecule has 0 aromatic carbocycles. The lowest BCUT2D eigenvalue weighted by molar-refractivity contribution is -0.163. The topological polar surface area (TPSA) is 149 Å². The molecule has 0 saturated heterocycles. The molecule has 33 heavy (non-hydrogen) atoms. The second-order valence-electron chi connectivity index (χ2n) is 8.97. The Morgan fingerprint density at radius 3 is 1.64 bits per heavy atom. The maximum atomic E-state index is 11.7. The average Bonchev–Trinajstić information content (AvgIpc) is 2.78. The fourth-order valence-electron chi connectivity index (χ4n) is 4.61. The van der Waals surface area contributed by atoms with Gasteiger partial charge < -0.3 is 20.4 Å². The Morgan fingerprint density at radius 2 is 1.18 bits per heavy atom. The van der Waals surface area contributed by atoms with Crippen molar-refractivity contribution >= 4 is 23.9 Å². The van der Waals surface area contributed by atoms with Gasteiger partial charge in [-0.25, -0.2) is 0 Å². The van der Waals surface area contributed by atoms with Crippen molar-refractivity contribution in [1.29, 1.82) is 0 Å². The van der Waals surface area contributed by atoms with Crippen LogP contribution in [0.5, 0.6) is 0 Å². The molecule has 186 valence electrons. The molecule has 0 fully saturated rings. The molecule has 2 aliphatic rings. The number of allylic oxidation sites excluding steroid dienone is 4. The van der Waals surface area contributed by atoms with Crippen LogP contribution in [0, 0.1) is 23.2 Å². The zero-order valence-electron chi connectivity index (χ0n) is 19.4. The third-order valence-corrected chi connectivity index (χ3v) is 6.70. The van der Waals surface area contributed by atoms with Crippen LogP contribution >= 0.6 is 0 Å². The van der Waals surface area contributed by atoms with Gasteiger partial charge >= 0.3 is 23.9 Å². The fraction of sp³-hybridized carbons (Fsp3) is 0.680. The molecular weight excluding hydrogens is 428 g/mol. The Morgan fingerprint density at radius 1 is 0.697 bits per heavy atom. The van der Waals surface area contributed by atoms with E-state index in [4.69, 9.17) is 10.2 Å². The van der Waals surface area contributed by atoms with Gasteiger partial charge in [-0.1, -0.05) is 76.2 Å². The highest BCUT2D eigenvalue weighted by Crippen LogP contribution is 2.43. The summed E-state index contributed by atoms with van der Waals surface area (Å²) in [4.78, 5) is 44.2. The van der Waals surface area contributed by atoms with Crippen molar-refractivity contribution in [3.63, 3.8) is 0 Å². The monoisotopic (exact) mass is 466 g/mol. The third-order valence-electron chi connectivity index (χ3n) is 6.70. The van der Waals surface area contributed by atoms with Gasteiger partial charge in [-0.15, -0.1) is 0 Å². The van der Waals surface area contributed by atoms with Crippen LogP contribution in [0.4, 0.5) is 0 Å². The minimum Gasteiger partial charge on any atom is -0.481 e. The van der Waals surface area contributed by atoms with E-state index in [-0.39, 0.29) is 0 Å². The highest BCUT2D eigenvalue weighted by Gasteiger charge is 2.48. The largest absolute Gasteiger partial charge is 0.481 e. The van der Waals surface area contributed by atoms with Crippen molar-refractivity contribution in [2.45, 2.75) is 84.0 Å². The number of unbranched alkanes of at least 4 members (excludes halogenated alkanes) is 6. The maximum absolute atomic E-state index is 11.7. The Balaban J connectivity index is 0.000000383. The molecule has 0 aliphatic heterocycles. The smallest absolute Gasteiger partial charge is 0.310 e. The van der Waals surface area contributed by atoms with E-state index in [1.165, 1.54) is 25.7 Å². The summed E-state index contributed by atoms with van der Waals surface area (Å²) in [6.45, 7) is 2.18. The van der Waals surface area contributed by atoms with Crippen LogP contribution in [0.1, 0.15) is 84.0 Å². The second-order valence-corrected chi connectivity index (χ2v) is 8.97. The number of aliphatic carboxylic acids is 4. The third kappa shape index (κ3) is 8.67. The summed E-state index contributed by atoms with van der Waals surface area (Å²) in [6.07, 6.45) is 16.7. The summed E-state index contributed by atoms with van der Waals surface area (Å²) in [5.74, 6) is -6.28. The van der Waals surface area contributed by atoms with Crippen LogP contribution in [0.3, 0.4) is 0 Å². The van der Waals surface area contributed by atoms with Crippen LogP contribution in [-0.2, 0) is 19.2 Å². The van der Waals surface area contributed by atoms with Crippen molar-refractivity contribution in [2.75, 3.05) is 0 Å². The fourth-order valence-corrected chi connectivity index (χ4v) is 4.61. The molecule has 8 heteroatoms. The minimum atomic E-state index is -1.11. The van der Waals surface area contributed by atoms with Gasteiger partial charge in [0.1, 0.15) is 0 Å². The number of hydrogen-bond donors (Lipinski definition) is 4. The molecule has 4 atom stereocenters. The van der Waals surface area contributed by atoms with Gasteiger partial charge in [-0.3, -0.25) is 19.2 Å². The minimum absolute atomic E-state index is 0.326. The molecule has 0 spiro atoms. The molecular formula is C25H38O8. The molecule has 0 aromatic rings. The molecule has 0 saturated carbocycles. The average molecular weight is 467 g/mol. The molecule has 0 aromatic heterocycles. The van der Waals surface area contributed by atoms with E-state index in [2.05, 4.69) is 6.92 Å². The van der Waals surface area contributed by atoms with Crippen LogP contribution < -0.4 is 0 Å². The lowest BCUT2D eigenvalue weighted by Crippen LogP contribution is -2.43. The highest BCUT2D eigenvalue weighted by molar-refractivity contribution is 5.84. The lowest BCUT2D eigenvalue weighted by atomic mass is 9.66. The Kier molecular flexibility index (Phi) is 12.5. The van der Waals surface area contributed by atoms with E-state index in [9.17, 15) is 29.4 Å². The van der Waals surface area contributed by atoms with Crippen molar-refractivity contribution in [3.8, 4) is 0 Å². The first-order valence-electron chi connectivity index (χ1n) is 11.9. The van der Waals surface area contributed by atoms with Crippen molar-refractivity contribution in [1.82, 2.24) is 0 Å². The van der Waals surface area contributed by atoms with E-state index in [1.807, 2.05) is 6.08 Å². The number of carboxylic acids is 4. The van der Waals surface area contributed by atoms with Gasteiger partial charge in [-0.05, 0) is 32.1 Å². The van der Waals surface area contributed by atoms with Crippen LogP contribution in [-0.4, -0.2) is 44.3 Å². The SMILES string of the molecule is CCCCCCCCCC1(C(=O)O)CC=CCC1C(=O)O.O=C(O)C1CC=CCC1C(=O)O. The maximum Gasteiger partial charge on any atom is 0.310 e. The summed E-state index contributed by atoms with van der Waals surface area (Å²) in [7, 11) is 0. The zero-order chi connectivity index (χ0) is 24.9. The molecule has 0 bridgehead atoms. The second kappa shape index (κ2) is 14.5. The highest BCUT2D eigenvalue weighted by atomic mass is 16.4. The molecule has 0 radical (unpaired) electrons. The summed E-state index contributed by atoms with van der Waals surface area (Å²) in [5, 5.41) is 36.2. The van der Waals surface area contributed by atoms with E-state index in [1.54, 1.807) is 18.2 Å². The number of carboxylic acid groups (broad SMARTS) is 4. The zero-order valence-corrected chi connectivity index (χ0v) is 19.4. The Hall–Kier alpha value is -2.64. The molecule has 4 N–H and O–H groups in total. The number of carbonyl (C=O) groups is 4. The standard InChI is InChI=1S/C17H28O4.C8H10O4/c1-2-3-4-5-6-7-9-12-17(16(20)21)13-10-8-11-14(17)15(18)19;9-7(10)5-3-1-2-4-6(5)8(11)12/h8,10,14H,2-7,9,11-13H2,1H3,(H,18,19)(H,20,21);1-2,5-6H,3-4H2,(H,9,10)(H,11,12). The van der Waals surface area contributed by atoms with Gasteiger partial charge in [-0.2, -0.15) is 0 Å². The summed E-state index contributed by atoms with van der Waals surface area (Å²) in [6, 6.07) is 0. The molecule has 8 nitrogen and oxygen atoms in total. The van der Waals surface area contributed by atoms with E-state index in [0.29, 0.717) is 32.1 Å². The van der Waals surface area contributed by atoms with Gasteiger partial charge in [0.2, 0.25) is 0 Å². The predicted octanol–water partition coefficient (Wildman–Crippen LogP) is 4.99. The van der Waals surface area contributed by atoms with E-state index >= 15 is 0 Å². The van der Waals surface area contributed by atoms with E-state index < -0.39 is 47.0 Å². The first kappa shape index (κ1) is 28.4. The van der Waals surface area contributed by atoms with Gasteiger partial charge in [0.05, 0.1) is 23.2 Å². The molecule has 2 aliphatic carbocycles. The van der Waals surface area contributed by atoms with Crippen molar-refractivity contribution in [3.05, 3.63) is 24.3 Å².